The third kappa shape index (κ3) is 5.00. The van der Waals surface area contributed by atoms with Gasteiger partial charge in [-0.25, -0.2) is 0 Å². The van der Waals surface area contributed by atoms with Crippen molar-refractivity contribution in [2.75, 3.05) is 0 Å². The monoisotopic (exact) mass is 127 g/mol. The molecule has 9 heavy (non-hydrogen) atoms. The average Bonchev–Trinajstić information content (AvgIpc) is 1.63. The summed E-state index contributed by atoms with van der Waals surface area (Å²) >= 11 is 0. The summed E-state index contributed by atoms with van der Waals surface area (Å²) in [4.78, 5) is 4.15. The summed E-state index contributed by atoms with van der Waals surface area (Å²) in [5, 5.41) is 3.33. The Morgan fingerprint density at radius 1 is 1.56 bits per heavy atom. The van der Waals surface area contributed by atoms with Crippen LogP contribution in [-0.2, 0) is 0 Å². The van der Waals surface area contributed by atoms with Gasteiger partial charge in [-0.15, -0.1) is 0 Å². The Bertz CT molecular complexity index is 124. The number of rotatable bonds is 2. The molecule has 0 atom stereocenters. The minimum absolute atomic E-state index is 0.322. The first kappa shape index (κ1) is 8.14. The van der Waals surface area contributed by atoms with Gasteiger partial charge in [-0.3, -0.25) is 4.99 Å². The van der Waals surface area contributed by atoms with E-state index >= 15 is 0 Å². The Labute approximate surface area is 55.7 Å². The molecule has 0 aromatic rings. The van der Waals surface area contributed by atoms with Crippen LogP contribution >= 0.6 is 0 Å². The van der Waals surface area contributed by atoms with Crippen molar-refractivity contribution in [3.63, 3.8) is 0 Å². The molecule has 0 radical (unpaired) electrons. The predicted molar refractivity (Wildman–Crippen MR) is 40.9 cm³/mol. The summed E-state index contributed by atoms with van der Waals surface area (Å²) < 4.78 is 0. The Balaban J connectivity index is 3.84. The van der Waals surface area contributed by atoms with Crippen LogP contribution in [0.3, 0.4) is 0 Å². The van der Waals surface area contributed by atoms with Gasteiger partial charge in [-0.1, -0.05) is 0 Å². The maximum Gasteiger partial charge on any atom is 0.0673 e. The largest absolute Gasteiger partial charge is 0.323 e. The van der Waals surface area contributed by atoms with Gasteiger partial charge in [0.25, 0.3) is 0 Å². The lowest BCUT2D eigenvalue weighted by Gasteiger charge is -1.94. The molecule has 0 unspecified atom stereocenters. The molecular weight excluding hydrogens is 114 g/mol. The van der Waals surface area contributed by atoms with E-state index in [1.807, 2.05) is 20.8 Å². The molecule has 52 valence electrons. The van der Waals surface area contributed by atoms with Crippen LogP contribution in [0.25, 0.3) is 0 Å². The molecule has 0 bridgehead atoms. The second kappa shape index (κ2) is 4.06. The van der Waals surface area contributed by atoms with E-state index in [9.17, 15) is 0 Å². The Morgan fingerprint density at radius 2 is 2.11 bits per heavy atom. The average molecular weight is 127 g/mol. The highest BCUT2D eigenvalue weighted by Gasteiger charge is 1.86. The summed E-state index contributed by atoms with van der Waals surface area (Å²) in [5.41, 5.74) is 0.868. The molecule has 0 heterocycles. The Hall–Kier alpha value is -0.860. The number of hydrazone groups is 1. The zero-order chi connectivity index (χ0) is 7.28. The number of nitrogens with zero attached hydrogens (tertiary/aromatic N) is 2. The maximum atomic E-state index is 4.89. The Kier molecular flexibility index (Phi) is 3.67. The summed E-state index contributed by atoms with van der Waals surface area (Å²) in [6.07, 6.45) is 1.54. The van der Waals surface area contributed by atoms with Crippen molar-refractivity contribution in [2.24, 2.45) is 15.9 Å². The molecule has 0 aromatic heterocycles. The van der Waals surface area contributed by atoms with Crippen molar-refractivity contribution in [2.45, 2.75) is 26.8 Å². The fraction of sp³-hybridized carbons (Fsp3) is 0.667. The minimum atomic E-state index is 0.322. The third-order valence-corrected chi connectivity index (χ3v) is 0.723. The first-order valence-electron chi connectivity index (χ1n) is 2.94. The topological polar surface area (TPSA) is 50.7 Å². The zero-order valence-corrected chi connectivity index (χ0v) is 6.13. The highest BCUT2D eigenvalue weighted by Crippen LogP contribution is 1.85. The molecule has 2 N–H and O–H groups in total. The first-order valence-corrected chi connectivity index (χ1v) is 2.94. The second-order valence-corrected chi connectivity index (χ2v) is 2.14. The highest BCUT2D eigenvalue weighted by atomic mass is 15.1. The van der Waals surface area contributed by atoms with Gasteiger partial charge in [0.15, 0.2) is 0 Å². The van der Waals surface area contributed by atoms with Crippen molar-refractivity contribution in [3.8, 4) is 0 Å². The van der Waals surface area contributed by atoms with Crippen LogP contribution in [0.5, 0.6) is 0 Å². The van der Waals surface area contributed by atoms with Crippen LogP contribution < -0.4 is 5.84 Å². The fourth-order valence-corrected chi connectivity index (χ4v) is 0.548. The van der Waals surface area contributed by atoms with Crippen LogP contribution in [0.2, 0.25) is 0 Å². The summed E-state index contributed by atoms with van der Waals surface area (Å²) in [6, 6.07) is 0.322. The van der Waals surface area contributed by atoms with E-state index in [0.29, 0.717) is 6.04 Å². The van der Waals surface area contributed by atoms with Crippen LogP contribution in [0.4, 0.5) is 0 Å². The number of nitrogens with two attached hydrogens (primary N) is 1. The fourth-order valence-electron chi connectivity index (χ4n) is 0.548. The van der Waals surface area contributed by atoms with Crippen molar-refractivity contribution < 1.29 is 0 Å². The second-order valence-electron chi connectivity index (χ2n) is 2.14. The van der Waals surface area contributed by atoms with Gasteiger partial charge >= 0.3 is 0 Å². The van der Waals surface area contributed by atoms with Crippen molar-refractivity contribution in [1.29, 1.82) is 0 Å². The number of hydrogen-bond donors (Lipinski definition) is 1. The van der Waals surface area contributed by atoms with Crippen LogP contribution in [0.1, 0.15) is 20.8 Å². The lowest BCUT2D eigenvalue weighted by atomic mass is 10.4. The third-order valence-electron chi connectivity index (χ3n) is 0.723. The van der Waals surface area contributed by atoms with Gasteiger partial charge in [0.1, 0.15) is 0 Å². The lowest BCUT2D eigenvalue weighted by molar-refractivity contribution is 0.838. The molecule has 0 aromatic carbocycles. The van der Waals surface area contributed by atoms with Crippen molar-refractivity contribution in [3.05, 3.63) is 0 Å². The van der Waals surface area contributed by atoms with Gasteiger partial charge in [-0.2, -0.15) is 5.10 Å². The standard InChI is InChI=1S/C6H13N3/c1-5(2)9-6(3)4-8-7/h4-5H,7H2,1-3H3/b8-4-,9-6?. The molecule has 3 heteroatoms. The molecule has 0 aliphatic carbocycles. The summed E-state index contributed by atoms with van der Waals surface area (Å²) in [5.74, 6) is 4.89. The lowest BCUT2D eigenvalue weighted by Crippen LogP contribution is -2.00. The van der Waals surface area contributed by atoms with Gasteiger partial charge < -0.3 is 5.84 Å². The summed E-state index contributed by atoms with van der Waals surface area (Å²) in [6.45, 7) is 5.89. The van der Waals surface area contributed by atoms with E-state index < -0.39 is 0 Å². The smallest absolute Gasteiger partial charge is 0.0673 e. The molecule has 0 saturated carbocycles. The molecule has 3 nitrogen and oxygen atoms in total. The van der Waals surface area contributed by atoms with E-state index in [-0.39, 0.29) is 0 Å². The molecule has 0 rings (SSSR count). The quantitative estimate of drug-likeness (QED) is 0.333. The molecule has 0 amide bonds. The van der Waals surface area contributed by atoms with E-state index in [1.54, 1.807) is 6.21 Å². The molecule has 0 aliphatic heterocycles. The Morgan fingerprint density at radius 3 is 2.44 bits per heavy atom. The zero-order valence-electron chi connectivity index (χ0n) is 6.13. The molecule has 0 spiro atoms. The molecular formula is C6H13N3. The van der Waals surface area contributed by atoms with Gasteiger partial charge in [0, 0.05) is 6.04 Å². The molecule has 0 aliphatic rings. The highest BCUT2D eigenvalue weighted by molar-refractivity contribution is 6.29. The minimum Gasteiger partial charge on any atom is -0.323 e. The predicted octanol–water partition coefficient (Wildman–Crippen LogP) is 0.800. The van der Waals surface area contributed by atoms with Gasteiger partial charge in [-0.05, 0) is 20.8 Å². The van der Waals surface area contributed by atoms with Gasteiger partial charge in [0.2, 0.25) is 0 Å². The van der Waals surface area contributed by atoms with Crippen molar-refractivity contribution >= 4 is 11.9 Å². The number of aliphatic imine (C=N–C) groups is 1. The van der Waals surface area contributed by atoms with Crippen LogP contribution in [-0.4, -0.2) is 18.0 Å². The molecule has 0 saturated heterocycles. The van der Waals surface area contributed by atoms with E-state index in [0.717, 1.165) is 5.71 Å². The first-order chi connectivity index (χ1) is 4.16. The molecule has 0 fully saturated rings. The van der Waals surface area contributed by atoms with E-state index in [1.165, 1.54) is 0 Å². The normalized spacial score (nSPS) is 13.6. The maximum absolute atomic E-state index is 4.89. The van der Waals surface area contributed by atoms with Crippen LogP contribution in [0, 0.1) is 0 Å². The SMILES string of the molecule is CC(/C=N\N)=NC(C)C. The van der Waals surface area contributed by atoms with Crippen molar-refractivity contribution in [1.82, 2.24) is 0 Å². The summed E-state index contributed by atoms with van der Waals surface area (Å²) in [7, 11) is 0. The van der Waals surface area contributed by atoms with E-state index in [2.05, 4.69) is 10.1 Å². The van der Waals surface area contributed by atoms with E-state index in [4.69, 9.17) is 5.84 Å². The van der Waals surface area contributed by atoms with Crippen LogP contribution in [0.15, 0.2) is 10.1 Å². The number of hydrogen-bond acceptors (Lipinski definition) is 3. The van der Waals surface area contributed by atoms with Gasteiger partial charge in [0.05, 0.1) is 11.9 Å².